The predicted octanol–water partition coefficient (Wildman–Crippen LogP) is -0.808. The van der Waals surface area contributed by atoms with E-state index in [2.05, 4.69) is 4.90 Å². The normalized spacial score (nSPS) is 22.9. The quantitative estimate of drug-likeness (QED) is 0.694. The molecule has 1 heterocycles. The van der Waals surface area contributed by atoms with E-state index in [4.69, 9.17) is 5.11 Å². The SMILES string of the molecule is CC(CO)CS(=O)(=O)N1CCN(C)CC1. The zero-order valence-corrected chi connectivity index (χ0v) is 10.2. The summed E-state index contributed by atoms with van der Waals surface area (Å²) in [5.41, 5.74) is 0. The molecule has 0 radical (unpaired) electrons. The highest BCUT2D eigenvalue weighted by atomic mass is 32.2. The largest absolute Gasteiger partial charge is 0.396 e. The number of nitrogens with zero attached hydrogens (tertiary/aromatic N) is 2. The van der Waals surface area contributed by atoms with E-state index in [0.717, 1.165) is 13.1 Å². The summed E-state index contributed by atoms with van der Waals surface area (Å²) in [6.45, 7) is 4.37. The van der Waals surface area contributed by atoms with E-state index in [9.17, 15) is 8.42 Å². The molecule has 1 saturated heterocycles. The van der Waals surface area contributed by atoms with Crippen LogP contribution in [0.3, 0.4) is 0 Å². The van der Waals surface area contributed by atoms with E-state index in [1.807, 2.05) is 7.05 Å². The summed E-state index contributed by atoms with van der Waals surface area (Å²) in [6.07, 6.45) is 0. The molecule has 1 N–H and O–H groups in total. The molecule has 0 amide bonds. The molecule has 0 saturated carbocycles. The number of hydrogen-bond acceptors (Lipinski definition) is 4. The number of piperazine rings is 1. The van der Waals surface area contributed by atoms with Crippen LogP contribution in [0.15, 0.2) is 0 Å². The lowest BCUT2D eigenvalue weighted by molar-refractivity contribution is 0.218. The van der Waals surface area contributed by atoms with Crippen LogP contribution in [0.2, 0.25) is 0 Å². The van der Waals surface area contributed by atoms with Crippen molar-refractivity contribution >= 4 is 10.0 Å². The zero-order valence-electron chi connectivity index (χ0n) is 9.39. The van der Waals surface area contributed by atoms with Gasteiger partial charge in [-0.15, -0.1) is 0 Å². The molecule has 1 rings (SSSR count). The molecule has 1 aliphatic rings. The van der Waals surface area contributed by atoms with Gasteiger partial charge in [-0.3, -0.25) is 0 Å². The predicted molar refractivity (Wildman–Crippen MR) is 59.1 cm³/mol. The van der Waals surface area contributed by atoms with Gasteiger partial charge in [0.25, 0.3) is 0 Å². The first-order chi connectivity index (χ1) is 6.95. The number of aliphatic hydroxyl groups is 1. The van der Waals surface area contributed by atoms with E-state index >= 15 is 0 Å². The summed E-state index contributed by atoms with van der Waals surface area (Å²) in [7, 11) is -1.19. The molecular formula is C9H20N2O3S. The zero-order chi connectivity index (χ0) is 11.5. The van der Waals surface area contributed by atoms with E-state index in [1.54, 1.807) is 6.92 Å². The minimum Gasteiger partial charge on any atom is -0.396 e. The first-order valence-electron chi connectivity index (χ1n) is 5.23. The fourth-order valence-corrected chi connectivity index (χ4v) is 3.34. The van der Waals surface area contributed by atoms with Gasteiger partial charge in [-0.25, -0.2) is 8.42 Å². The second-order valence-corrected chi connectivity index (χ2v) is 6.28. The van der Waals surface area contributed by atoms with Gasteiger partial charge in [0.05, 0.1) is 5.75 Å². The van der Waals surface area contributed by atoms with Gasteiger partial charge in [0.2, 0.25) is 10.0 Å². The first-order valence-corrected chi connectivity index (χ1v) is 6.84. The maximum absolute atomic E-state index is 11.9. The van der Waals surface area contributed by atoms with E-state index in [-0.39, 0.29) is 18.3 Å². The van der Waals surface area contributed by atoms with Gasteiger partial charge in [0, 0.05) is 32.8 Å². The van der Waals surface area contributed by atoms with Crippen molar-refractivity contribution in [3.05, 3.63) is 0 Å². The Morgan fingerprint density at radius 1 is 1.27 bits per heavy atom. The molecule has 0 aromatic rings. The minimum atomic E-state index is -3.17. The summed E-state index contributed by atoms with van der Waals surface area (Å²) in [5.74, 6) is -0.137. The molecule has 0 aromatic heterocycles. The van der Waals surface area contributed by atoms with E-state index < -0.39 is 10.0 Å². The summed E-state index contributed by atoms with van der Waals surface area (Å²) in [5, 5.41) is 8.85. The van der Waals surface area contributed by atoms with Gasteiger partial charge in [-0.1, -0.05) is 6.92 Å². The van der Waals surface area contributed by atoms with Crippen LogP contribution in [0.1, 0.15) is 6.92 Å². The second kappa shape index (κ2) is 5.25. The molecule has 1 atom stereocenters. The summed E-state index contributed by atoms with van der Waals surface area (Å²) in [6, 6.07) is 0. The number of rotatable bonds is 4. The van der Waals surface area contributed by atoms with Crippen LogP contribution in [-0.4, -0.2) is 68.3 Å². The Labute approximate surface area is 91.7 Å². The van der Waals surface area contributed by atoms with Crippen molar-refractivity contribution < 1.29 is 13.5 Å². The number of hydrogen-bond donors (Lipinski definition) is 1. The van der Waals surface area contributed by atoms with Crippen LogP contribution in [-0.2, 0) is 10.0 Å². The van der Waals surface area contributed by atoms with Gasteiger partial charge in [0.1, 0.15) is 0 Å². The van der Waals surface area contributed by atoms with E-state index in [1.165, 1.54) is 4.31 Å². The molecule has 0 aromatic carbocycles. The topological polar surface area (TPSA) is 60.9 Å². The molecule has 1 aliphatic heterocycles. The molecule has 0 aliphatic carbocycles. The van der Waals surface area contributed by atoms with Gasteiger partial charge in [-0.05, 0) is 13.0 Å². The molecule has 1 unspecified atom stereocenters. The third kappa shape index (κ3) is 3.71. The Hall–Kier alpha value is -0.170. The summed E-state index contributed by atoms with van der Waals surface area (Å²) < 4.78 is 25.2. The van der Waals surface area contributed by atoms with Crippen LogP contribution in [0.25, 0.3) is 0 Å². The van der Waals surface area contributed by atoms with Gasteiger partial charge < -0.3 is 10.0 Å². The Morgan fingerprint density at radius 3 is 2.27 bits per heavy atom. The van der Waals surface area contributed by atoms with Crippen LogP contribution < -0.4 is 0 Å². The lowest BCUT2D eigenvalue weighted by atomic mass is 10.2. The Kier molecular flexibility index (Phi) is 4.51. The highest BCUT2D eigenvalue weighted by Crippen LogP contribution is 2.10. The van der Waals surface area contributed by atoms with Crippen molar-refractivity contribution in [2.24, 2.45) is 5.92 Å². The Balaban J connectivity index is 2.54. The third-order valence-electron chi connectivity index (χ3n) is 2.66. The third-order valence-corrected chi connectivity index (χ3v) is 4.80. The molecule has 90 valence electrons. The summed E-state index contributed by atoms with van der Waals surface area (Å²) in [4.78, 5) is 2.11. The molecule has 15 heavy (non-hydrogen) atoms. The monoisotopic (exact) mass is 236 g/mol. The average Bonchev–Trinajstić information content (AvgIpc) is 2.17. The molecular weight excluding hydrogens is 216 g/mol. The Bertz CT molecular complexity index is 284. The maximum atomic E-state index is 11.9. The fourth-order valence-electron chi connectivity index (χ4n) is 1.58. The van der Waals surface area contributed by atoms with Gasteiger partial charge in [-0.2, -0.15) is 4.31 Å². The smallest absolute Gasteiger partial charge is 0.214 e. The van der Waals surface area contributed by atoms with Crippen molar-refractivity contribution in [3.8, 4) is 0 Å². The van der Waals surface area contributed by atoms with Crippen molar-refractivity contribution in [1.82, 2.24) is 9.21 Å². The Morgan fingerprint density at radius 2 is 1.80 bits per heavy atom. The number of aliphatic hydroxyl groups excluding tert-OH is 1. The fraction of sp³-hybridized carbons (Fsp3) is 1.00. The molecule has 0 bridgehead atoms. The molecule has 6 heteroatoms. The number of likely N-dealkylation sites (N-methyl/N-ethyl adjacent to an activating group) is 1. The first kappa shape index (κ1) is 12.9. The van der Waals surface area contributed by atoms with Crippen molar-refractivity contribution in [2.75, 3.05) is 45.6 Å². The van der Waals surface area contributed by atoms with Crippen LogP contribution in [0.4, 0.5) is 0 Å². The molecule has 0 spiro atoms. The number of sulfonamides is 1. The summed E-state index contributed by atoms with van der Waals surface area (Å²) >= 11 is 0. The van der Waals surface area contributed by atoms with Crippen LogP contribution in [0, 0.1) is 5.92 Å². The standard InChI is InChI=1S/C9H20N2O3S/c1-9(7-12)8-15(13,14)11-5-3-10(2)4-6-11/h9,12H,3-8H2,1-2H3. The highest BCUT2D eigenvalue weighted by Gasteiger charge is 2.26. The average molecular weight is 236 g/mol. The van der Waals surface area contributed by atoms with Gasteiger partial charge in [0.15, 0.2) is 0 Å². The second-order valence-electron chi connectivity index (χ2n) is 4.27. The maximum Gasteiger partial charge on any atom is 0.214 e. The van der Waals surface area contributed by atoms with Crippen LogP contribution >= 0.6 is 0 Å². The van der Waals surface area contributed by atoms with Crippen molar-refractivity contribution in [2.45, 2.75) is 6.92 Å². The lowest BCUT2D eigenvalue weighted by Crippen LogP contribution is -2.48. The van der Waals surface area contributed by atoms with E-state index in [0.29, 0.717) is 13.1 Å². The lowest BCUT2D eigenvalue weighted by Gasteiger charge is -2.32. The van der Waals surface area contributed by atoms with Crippen LogP contribution in [0.5, 0.6) is 0 Å². The molecule has 1 fully saturated rings. The highest BCUT2D eigenvalue weighted by molar-refractivity contribution is 7.89. The van der Waals surface area contributed by atoms with Crippen molar-refractivity contribution in [1.29, 1.82) is 0 Å². The minimum absolute atomic E-state index is 0.0488. The van der Waals surface area contributed by atoms with Gasteiger partial charge >= 0.3 is 0 Å². The molecule has 5 nitrogen and oxygen atoms in total. The van der Waals surface area contributed by atoms with Crippen molar-refractivity contribution in [3.63, 3.8) is 0 Å².